The van der Waals surface area contributed by atoms with E-state index in [1.807, 2.05) is 48.5 Å². The molecule has 0 fully saturated rings. The lowest BCUT2D eigenvalue weighted by Crippen LogP contribution is -2.03. The zero-order valence-electron chi connectivity index (χ0n) is 23.7. The molecule has 0 radical (unpaired) electrons. The van der Waals surface area contributed by atoms with E-state index in [4.69, 9.17) is 18.9 Å². The Morgan fingerprint density at radius 2 is 1.32 bits per heavy atom. The monoisotopic (exact) mass is 610 g/mol. The molecule has 0 amide bonds. The third-order valence-electron chi connectivity index (χ3n) is 6.77. The van der Waals surface area contributed by atoms with Gasteiger partial charge in [-0.05, 0) is 82.6 Å². The highest BCUT2D eigenvalue weighted by Crippen LogP contribution is 2.32. The summed E-state index contributed by atoms with van der Waals surface area (Å²) >= 11 is 0. The van der Waals surface area contributed by atoms with E-state index >= 15 is 0 Å². The fraction of sp³-hybridized carbons (Fsp3) is 0.125. The lowest BCUT2D eigenvalue weighted by atomic mass is 10.1. The average molecular weight is 611 g/mol. The molecular formula is C32H26N4O7S. The van der Waals surface area contributed by atoms with Crippen LogP contribution in [0.3, 0.4) is 0 Å². The largest absolute Gasteiger partial charge is 0.495 e. The van der Waals surface area contributed by atoms with E-state index in [0.29, 0.717) is 50.7 Å². The van der Waals surface area contributed by atoms with E-state index in [9.17, 15) is 13.0 Å². The fourth-order valence-corrected chi connectivity index (χ4v) is 5.28. The number of hydrogen-bond donors (Lipinski definition) is 1. The van der Waals surface area contributed by atoms with Crippen molar-refractivity contribution in [1.82, 2.24) is 19.9 Å². The Hall–Kier alpha value is -5.33. The molecule has 0 atom stereocenters. The van der Waals surface area contributed by atoms with Gasteiger partial charge in [0, 0.05) is 12.4 Å². The first-order valence-electron chi connectivity index (χ1n) is 13.4. The van der Waals surface area contributed by atoms with Gasteiger partial charge in [0.2, 0.25) is 0 Å². The van der Waals surface area contributed by atoms with Gasteiger partial charge in [-0.25, -0.2) is 9.97 Å². The summed E-state index contributed by atoms with van der Waals surface area (Å²) in [6.45, 7) is 0.477. The molecule has 12 heteroatoms. The van der Waals surface area contributed by atoms with Crippen LogP contribution in [-0.2, 0) is 23.3 Å². The van der Waals surface area contributed by atoms with Crippen LogP contribution >= 0.6 is 0 Å². The molecule has 222 valence electrons. The number of methoxy groups -OCH3 is 2. The molecule has 3 heterocycles. The number of para-hydroxylation sites is 2. The van der Waals surface area contributed by atoms with Crippen molar-refractivity contribution in [2.45, 2.75) is 18.1 Å². The lowest BCUT2D eigenvalue weighted by molar-refractivity contribution is 0.269. The highest BCUT2D eigenvalue weighted by molar-refractivity contribution is 7.86. The highest BCUT2D eigenvalue weighted by Gasteiger charge is 2.18. The molecule has 6 rings (SSSR count). The normalized spacial score (nSPS) is 11.4. The van der Waals surface area contributed by atoms with Gasteiger partial charge in [-0.3, -0.25) is 14.5 Å². The van der Waals surface area contributed by atoms with E-state index in [2.05, 4.69) is 19.9 Å². The zero-order valence-corrected chi connectivity index (χ0v) is 24.5. The molecule has 0 spiro atoms. The van der Waals surface area contributed by atoms with Crippen LogP contribution in [0.4, 0.5) is 0 Å². The van der Waals surface area contributed by atoms with Gasteiger partial charge >= 0.3 is 0 Å². The van der Waals surface area contributed by atoms with Gasteiger partial charge in [0.1, 0.15) is 29.6 Å². The van der Waals surface area contributed by atoms with Gasteiger partial charge in [0.05, 0.1) is 36.6 Å². The smallest absolute Gasteiger partial charge is 0.298 e. The maximum absolute atomic E-state index is 11.7. The van der Waals surface area contributed by atoms with Crippen LogP contribution in [0.25, 0.3) is 33.2 Å². The van der Waals surface area contributed by atoms with Gasteiger partial charge in [0.15, 0.2) is 0 Å². The molecule has 0 unspecified atom stereocenters. The molecule has 0 saturated carbocycles. The van der Waals surface area contributed by atoms with E-state index in [1.54, 1.807) is 36.7 Å². The van der Waals surface area contributed by atoms with Crippen LogP contribution in [0.1, 0.15) is 11.1 Å². The van der Waals surface area contributed by atoms with Crippen LogP contribution < -0.4 is 18.9 Å². The van der Waals surface area contributed by atoms with Crippen molar-refractivity contribution in [2.24, 2.45) is 0 Å². The Balaban J connectivity index is 1.16. The summed E-state index contributed by atoms with van der Waals surface area (Å²) in [6.07, 6.45) is 3.38. The molecule has 0 aliphatic heterocycles. The number of benzene rings is 3. The summed E-state index contributed by atoms with van der Waals surface area (Å²) < 4.78 is 55.5. The predicted octanol–water partition coefficient (Wildman–Crippen LogP) is 5.66. The summed E-state index contributed by atoms with van der Waals surface area (Å²) in [5.41, 5.74) is 4.48. The standard InChI is InChI=1S/C32H26N4O7S/c1-40-29-16-23-15-24(8-7-22(23)17-30(29)44(37,38)39)42-18-20-9-11-33-27(13-20)28-14-21(10-12-34-28)19-43-32-31(41-2)35-25-5-3-4-6-26(25)36-32/h3-17H,18-19H2,1-2H3,(H,37,38,39). The molecule has 11 nitrogen and oxygen atoms in total. The number of aromatic nitrogens is 4. The maximum atomic E-state index is 11.7. The maximum Gasteiger partial charge on any atom is 0.298 e. The Kier molecular flexibility index (Phi) is 7.92. The van der Waals surface area contributed by atoms with Crippen molar-refractivity contribution in [3.05, 3.63) is 102 Å². The van der Waals surface area contributed by atoms with Crippen molar-refractivity contribution in [1.29, 1.82) is 0 Å². The molecule has 0 aliphatic carbocycles. The van der Waals surface area contributed by atoms with Crippen molar-refractivity contribution in [2.75, 3.05) is 14.2 Å². The van der Waals surface area contributed by atoms with Gasteiger partial charge in [-0.1, -0.05) is 18.2 Å². The topological polar surface area (TPSA) is 143 Å². The number of hydrogen-bond acceptors (Lipinski definition) is 10. The van der Waals surface area contributed by atoms with Gasteiger partial charge in [0.25, 0.3) is 21.9 Å². The fourth-order valence-electron chi connectivity index (χ4n) is 4.61. The second kappa shape index (κ2) is 12.1. The summed E-state index contributed by atoms with van der Waals surface area (Å²) in [6, 6.07) is 23.1. The molecule has 1 N–H and O–H groups in total. The Labute approximate surface area is 252 Å². The van der Waals surface area contributed by atoms with Gasteiger partial charge < -0.3 is 18.9 Å². The molecular weight excluding hydrogens is 584 g/mol. The number of rotatable bonds is 10. The summed E-state index contributed by atoms with van der Waals surface area (Å²) in [5, 5.41) is 1.30. The molecule has 0 aliphatic rings. The third-order valence-corrected chi connectivity index (χ3v) is 7.64. The molecule has 44 heavy (non-hydrogen) atoms. The molecule has 6 aromatic rings. The van der Waals surface area contributed by atoms with Gasteiger partial charge in [-0.15, -0.1) is 0 Å². The summed E-state index contributed by atoms with van der Waals surface area (Å²) in [5.74, 6) is 1.22. The van der Waals surface area contributed by atoms with E-state index in [0.717, 1.165) is 11.1 Å². The first-order chi connectivity index (χ1) is 21.3. The van der Waals surface area contributed by atoms with Crippen molar-refractivity contribution in [3.63, 3.8) is 0 Å². The van der Waals surface area contributed by atoms with Crippen LogP contribution in [-0.4, -0.2) is 47.1 Å². The number of nitrogens with zero attached hydrogens (tertiary/aromatic N) is 4. The van der Waals surface area contributed by atoms with E-state index < -0.39 is 10.1 Å². The Morgan fingerprint density at radius 1 is 0.682 bits per heavy atom. The number of ether oxygens (including phenoxy) is 4. The second-order valence-electron chi connectivity index (χ2n) is 9.69. The Morgan fingerprint density at radius 3 is 1.93 bits per heavy atom. The van der Waals surface area contributed by atoms with Crippen LogP contribution in [0.15, 0.2) is 96.2 Å². The SMILES string of the molecule is COc1cc2cc(OCc3ccnc(-c4cc(COc5nc6ccccc6nc5OC)ccn4)c3)ccc2cc1S(=O)(=O)O. The van der Waals surface area contributed by atoms with Gasteiger partial charge in [-0.2, -0.15) is 8.42 Å². The quantitative estimate of drug-likeness (QED) is 0.192. The minimum Gasteiger partial charge on any atom is -0.495 e. The van der Waals surface area contributed by atoms with E-state index in [1.165, 1.54) is 20.3 Å². The minimum atomic E-state index is -4.43. The molecule has 3 aromatic heterocycles. The lowest BCUT2D eigenvalue weighted by Gasteiger charge is -2.11. The van der Waals surface area contributed by atoms with Crippen LogP contribution in [0, 0.1) is 0 Å². The van der Waals surface area contributed by atoms with Crippen LogP contribution in [0.2, 0.25) is 0 Å². The van der Waals surface area contributed by atoms with Crippen LogP contribution in [0.5, 0.6) is 23.3 Å². The highest BCUT2D eigenvalue weighted by atomic mass is 32.2. The predicted molar refractivity (Wildman–Crippen MR) is 163 cm³/mol. The number of pyridine rings is 2. The number of fused-ring (bicyclic) bond motifs is 2. The van der Waals surface area contributed by atoms with Crippen molar-refractivity contribution >= 4 is 31.9 Å². The average Bonchev–Trinajstić information content (AvgIpc) is 3.05. The zero-order chi connectivity index (χ0) is 30.7. The Bertz CT molecular complexity index is 2110. The second-order valence-corrected chi connectivity index (χ2v) is 11.1. The van der Waals surface area contributed by atoms with E-state index in [-0.39, 0.29) is 23.9 Å². The molecule has 3 aromatic carbocycles. The minimum absolute atomic E-state index is 0.0420. The van der Waals surface area contributed by atoms with Crippen molar-refractivity contribution < 1.29 is 31.9 Å². The van der Waals surface area contributed by atoms with Crippen molar-refractivity contribution in [3.8, 4) is 34.6 Å². The first kappa shape index (κ1) is 28.8. The summed E-state index contributed by atoms with van der Waals surface area (Å²) in [7, 11) is -1.57. The molecule has 0 saturated heterocycles. The first-order valence-corrected chi connectivity index (χ1v) is 14.8. The third kappa shape index (κ3) is 6.21. The molecule has 0 bridgehead atoms. The summed E-state index contributed by atoms with van der Waals surface area (Å²) in [4.78, 5) is 17.7.